The molecule has 1 saturated heterocycles. The molecule has 3 rings (SSSR count). The number of aromatic nitrogens is 1. The van der Waals surface area contributed by atoms with Crippen LogP contribution in [0, 0.1) is 0 Å². The van der Waals surface area contributed by atoms with E-state index in [1.54, 1.807) is 0 Å². The van der Waals surface area contributed by atoms with Crippen LogP contribution in [0.4, 0.5) is 0 Å². The monoisotopic (exact) mass is 306 g/mol. The number of H-pyrrole nitrogens is 1. The van der Waals surface area contributed by atoms with E-state index in [1.165, 1.54) is 39.5 Å². The van der Waals surface area contributed by atoms with Crippen molar-refractivity contribution in [1.29, 1.82) is 0 Å². The molecule has 1 aliphatic rings. The predicted molar refractivity (Wildman–Crippen MR) is 80.1 cm³/mol. The van der Waals surface area contributed by atoms with Gasteiger partial charge in [0.05, 0.1) is 0 Å². The van der Waals surface area contributed by atoms with Gasteiger partial charge in [0, 0.05) is 27.1 Å². The van der Waals surface area contributed by atoms with E-state index in [1.807, 2.05) is 0 Å². The molecule has 1 unspecified atom stereocenters. The summed E-state index contributed by atoms with van der Waals surface area (Å²) in [7, 11) is 0. The summed E-state index contributed by atoms with van der Waals surface area (Å²) in [5, 5.41) is 4.86. The number of rotatable bonds is 2. The molecular formula is C15H19BrN2. The molecule has 1 aromatic carbocycles. The summed E-state index contributed by atoms with van der Waals surface area (Å²) in [6, 6.07) is 7.21. The Bertz CT molecular complexity index is 565. The Labute approximate surface area is 116 Å². The lowest BCUT2D eigenvalue weighted by Crippen LogP contribution is -2.13. The van der Waals surface area contributed by atoms with Crippen LogP contribution in [0.1, 0.15) is 49.9 Å². The van der Waals surface area contributed by atoms with Crippen molar-refractivity contribution < 1.29 is 0 Å². The molecule has 0 aliphatic carbocycles. The van der Waals surface area contributed by atoms with Gasteiger partial charge in [-0.05, 0) is 58.9 Å². The molecule has 1 fully saturated rings. The fourth-order valence-corrected chi connectivity index (χ4v) is 3.43. The first-order chi connectivity index (χ1) is 8.66. The number of hydrogen-bond acceptors (Lipinski definition) is 1. The van der Waals surface area contributed by atoms with E-state index in [0.29, 0.717) is 12.0 Å². The fraction of sp³-hybridized carbons (Fsp3) is 0.467. The maximum absolute atomic E-state index is 3.77. The van der Waals surface area contributed by atoms with E-state index < -0.39 is 0 Å². The number of nitrogens with one attached hydrogen (secondary N) is 2. The fourth-order valence-electron chi connectivity index (χ4n) is 2.73. The largest absolute Gasteiger partial charge is 0.356 e. The van der Waals surface area contributed by atoms with Crippen molar-refractivity contribution in [3.05, 3.63) is 33.9 Å². The molecule has 2 heterocycles. The van der Waals surface area contributed by atoms with Gasteiger partial charge in [-0.3, -0.25) is 0 Å². The van der Waals surface area contributed by atoms with Crippen molar-refractivity contribution in [3.63, 3.8) is 0 Å². The van der Waals surface area contributed by atoms with E-state index in [2.05, 4.69) is 58.3 Å². The minimum absolute atomic E-state index is 0.481. The Hall–Kier alpha value is -0.800. The van der Waals surface area contributed by atoms with Gasteiger partial charge in [-0.15, -0.1) is 0 Å². The highest BCUT2D eigenvalue weighted by Gasteiger charge is 2.21. The maximum Gasteiger partial charge on any atom is 0.0485 e. The lowest BCUT2D eigenvalue weighted by Gasteiger charge is -2.08. The van der Waals surface area contributed by atoms with Gasteiger partial charge < -0.3 is 10.3 Å². The van der Waals surface area contributed by atoms with Crippen molar-refractivity contribution in [3.8, 4) is 0 Å². The van der Waals surface area contributed by atoms with Crippen LogP contribution in [0.3, 0.4) is 0 Å². The predicted octanol–water partition coefficient (Wildman–Crippen LogP) is 4.48. The SMILES string of the molecule is CC(C)c1ccc2[nH]c(C3CCCN3)c(Br)c2c1. The highest BCUT2D eigenvalue weighted by molar-refractivity contribution is 9.10. The summed E-state index contributed by atoms with van der Waals surface area (Å²) in [5.41, 5.74) is 3.94. The standard InChI is InChI=1S/C15H19BrN2/c1-9(2)10-5-6-12-11(8-10)14(16)15(18-12)13-4-3-7-17-13/h5-6,8-9,13,17-18H,3-4,7H2,1-2H3. The van der Waals surface area contributed by atoms with E-state index in [-0.39, 0.29) is 0 Å². The molecule has 2 N–H and O–H groups in total. The summed E-state index contributed by atoms with van der Waals surface area (Å²) in [5.74, 6) is 0.573. The van der Waals surface area contributed by atoms with Gasteiger partial charge in [-0.1, -0.05) is 19.9 Å². The maximum atomic E-state index is 3.77. The Morgan fingerprint density at radius 1 is 1.33 bits per heavy atom. The molecule has 0 radical (unpaired) electrons. The van der Waals surface area contributed by atoms with Crippen molar-refractivity contribution >= 4 is 26.8 Å². The number of benzene rings is 1. The third-order valence-electron chi connectivity index (χ3n) is 3.86. The van der Waals surface area contributed by atoms with Gasteiger partial charge in [0.1, 0.15) is 0 Å². The van der Waals surface area contributed by atoms with Crippen LogP contribution >= 0.6 is 15.9 Å². The first-order valence-electron chi connectivity index (χ1n) is 6.71. The van der Waals surface area contributed by atoms with Gasteiger partial charge in [-0.25, -0.2) is 0 Å². The van der Waals surface area contributed by atoms with Crippen LogP contribution in [-0.2, 0) is 0 Å². The lowest BCUT2D eigenvalue weighted by molar-refractivity contribution is 0.630. The molecular weight excluding hydrogens is 288 g/mol. The molecule has 96 valence electrons. The summed E-state index contributed by atoms with van der Waals surface area (Å²) < 4.78 is 1.24. The molecule has 2 nitrogen and oxygen atoms in total. The van der Waals surface area contributed by atoms with Gasteiger partial charge in [0.2, 0.25) is 0 Å². The summed E-state index contributed by atoms with van der Waals surface area (Å²) in [6.45, 7) is 5.60. The third-order valence-corrected chi connectivity index (χ3v) is 4.72. The second kappa shape index (κ2) is 4.71. The highest BCUT2D eigenvalue weighted by Crippen LogP contribution is 2.36. The quantitative estimate of drug-likeness (QED) is 0.841. The topological polar surface area (TPSA) is 27.8 Å². The number of fused-ring (bicyclic) bond motifs is 1. The Kier molecular flexibility index (Phi) is 3.20. The lowest BCUT2D eigenvalue weighted by atomic mass is 10.0. The van der Waals surface area contributed by atoms with Crippen LogP contribution < -0.4 is 5.32 Å². The Morgan fingerprint density at radius 2 is 2.17 bits per heavy atom. The zero-order chi connectivity index (χ0) is 12.7. The zero-order valence-corrected chi connectivity index (χ0v) is 12.5. The minimum Gasteiger partial charge on any atom is -0.356 e. The van der Waals surface area contributed by atoms with Crippen LogP contribution in [0.2, 0.25) is 0 Å². The number of hydrogen-bond donors (Lipinski definition) is 2. The molecule has 3 heteroatoms. The van der Waals surface area contributed by atoms with Crippen LogP contribution in [-0.4, -0.2) is 11.5 Å². The van der Waals surface area contributed by atoms with Crippen molar-refractivity contribution in [2.24, 2.45) is 0 Å². The van der Waals surface area contributed by atoms with Crippen LogP contribution in [0.5, 0.6) is 0 Å². The summed E-state index contributed by atoms with van der Waals surface area (Å²) in [4.78, 5) is 3.56. The van der Waals surface area contributed by atoms with E-state index >= 15 is 0 Å². The number of aromatic amines is 1. The summed E-state index contributed by atoms with van der Waals surface area (Å²) in [6.07, 6.45) is 2.49. The van der Waals surface area contributed by atoms with Gasteiger partial charge >= 0.3 is 0 Å². The molecule has 1 atom stereocenters. The van der Waals surface area contributed by atoms with Gasteiger partial charge in [0.15, 0.2) is 0 Å². The highest BCUT2D eigenvalue weighted by atomic mass is 79.9. The molecule has 1 aliphatic heterocycles. The molecule has 0 bridgehead atoms. The van der Waals surface area contributed by atoms with E-state index in [9.17, 15) is 0 Å². The third kappa shape index (κ3) is 1.99. The smallest absolute Gasteiger partial charge is 0.0485 e. The van der Waals surface area contributed by atoms with Crippen molar-refractivity contribution in [2.75, 3.05) is 6.54 Å². The Balaban J connectivity index is 2.09. The average Bonchev–Trinajstić information content (AvgIpc) is 2.97. The summed E-state index contributed by atoms with van der Waals surface area (Å²) >= 11 is 3.77. The first kappa shape index (κ1) is 12.2. The van der Waals surface area contributed by atoms with Crippen molar-refractivity contribution in [2.45, 2.75) is 38.6 Å². The molecule has 0 amide bonds. The minimum atomic E-state index is 0.481. The number of halogens is 1. The molecule has 18 heavy (non-hydrogen) atoms. The van der Waals surface area contributed by atoms with Gasteiger partial charge in [0.25, 0.3) is 0 Å². The van der Waals surface area contributed by atoms with Crippen LogP contribution in [0.15, 0.2) is 22.7 Å². The first-order valence-corrected chi connectivity index (χ1v) is 7.50. The average molecular weight is 307 g/mol. The molecule has 0 saturated carbocycles. The second-order valence-electron chi connectivity index (χ2n) is 5.46. The second-order valence-corrected chi connectivity index (χ2v) is 6.25. The normalized spacial score (nSPS) is 20.1. The molecule has 1 aromatic heterocycles. The van der Waals surface area contributed by atoms with E-state index in [4.69, 9.17) is 0 Å². The molecule has 2 aromatic rings. The Morgan fingerprint density at radius 3 is 2.83 bits per heavy atom. The van der Waals surface area contributed by atoms with Crippen LogP contribution in [0.25, 0.3) is 10.9 Å². The molecule has 0 spiro atoms. The van der Waals surface area contributed by atoms with Gasteiger partial charge in [-0.2, -0.15) is 0 Å². The van der Waals surface area contributed by atoms with E-state index in [0.717, 1.165) is 6.54 Å². The zero-order valence-electron chi connectivity index (χ0n) is 10.9. The van der Waals surface area contributed by atoms with Crippen molar-refractivity contribution in [1.82, 2.24) is 10.3 Å².